The number of fused-ring (bicyclic) bond motifs is 2. The molecule has 4 aromatic carbocycles. The summed E-state index contributed by atoms with van der Waals surface area (Å²) in [6, 6.07) is 26.8. The van der Waals surface area contributed by atoms with Crippen LogP contribution in [-0.4, -0.2) is 21.2 Å². The molecule has 0 aliphatic rings. The molecule has 0 saturated carbocycles. The summed E-state index contributed by atoms with van der Waals surface area (Å²) in [6.45, 7) is 0. The number of nitrogens with one attached hydrogen (secondary N) is 1. The molecule has 0 unspecified atom stereocenters. The van der Waals surface area contributed by atoms with E-state index in [4.69, 9.17) is 0 Å². The zero-order valence-corrected chi connectivity index (χ0v) is 18.2. The van der Waals surface area contributed by atoms with Crippen LogP contribution in [0.25, 0.3) is 27.4 Å². The average molecular weight is 456 g/mol. The highest BCUT2D eigenvalue weighted by Gasteiger charge is 2.17. The highest BCUT2D eigenvalue weighted by Crippen LogP contribution is 2.25. The van der Waals surface area contributed by atoms with Crippen LogP contribution in [0.4, 0.5) is 10.1 Å². The van der Waals surface area contributed by atoms with Gasteiger partial charge in [-0.3, -0.25) is 14.2 Å². The van der Waals surface area contributed by atoms with Crippen molar-refractivity contribution in [1.29, 1.82) is 0 Å². The van der Waals surface area contributed by atoms with Gasteiger partial charge in [0.1, 0.15) is 11.2 Å². The van der Waals surface area contributed by atoms with Gasteiger partial charge in [0.05, 0.1) is 17.0 Å². The first-order chi connectivity index (χ1) is 16.1. The lowest BCUT2D eigenvalue weighted by atomic mass is 10.1. The van der Waals surface area contributed by atoms with Gasteiger partial charge in [0.15, 0.2) is 5.16 Å². The summed E-state index contributed by atoms with van der Waals surface area (Å²) in [7, 11) is 0. The summed E-state index contributed by atoms with van der Waals surface area (Å²) in [5, 5.41) is 5.15. The third kappa shape index (κ3) is 4.10. The van der Waals surface area contributed by atoms with Crippen molar-refractivity contribution in [3.05, 3.63) is 107 Å². The molecule has 0 spiro atoms. The number of amides is 1. The molecule has 0 bridgehead atoms. The minimum absolute atomic E-state index is 0.0311. The number of nitrogens with zero attached hydrogens (tertiary/aromatic N) is 2. The molecule has 0 atom stereocenters. The Morgan fingerprint density at radius 3 is 2.48 bits per heavy atom. The van der Waals surface area contributed by atoms with Crippen molar-refractivity contribution in [2.75, 3.05) is 11.1 Å². The molecule has 0 aliphatic heterocycles. The van der Waals surface area contributed by atoms with Crippen molar-refractivity contribution >= 4 is 45.0 Å². The summed E-state index contributed by atoms with van der Waals surface area (Å²) >= 11 is 1.13. The molecular weight excluding hydrogens is 437 g/mol. The van der Waals surface area contributed by atoms with Crippen LogP contribution in [0.3, 0.4) is 0 Å². The Labute approximate surface area is 192 Å². The molecule has 162 valence electrons. The van der Waals surface area contributed by atoms with Crippen LogP contribution < -0.4 is 10.9 Å². The Morgan fingerprint density at radius 1 is 0.909 bits per heavy atom. The second kappa shape index (κ2) is 8.88. The zero-order valence-electron chi connectivity index (χ0n) is 17.4. The van der Waals surface area contributed by atoms with Gasteiger partial charge in [0.2, 0.25) is 5.91 Å². The molecule has 1 aromatic heterocycles. The summed E-state index contributed by atoms with van der Waals surface area (Å²) < 4.78 is 15.8. The van der Waals surface area contributed by atoms with E-state index >= 15 is 0 Å². The predicted molar refractivity (Wildman–Crippen MR) is 131 cm³/mol. The molecule has 0 radical (unpaired) electrons. The fraction of sp³-hybridized carbons (Fsp3) is 0.0385. The fourth-order valence-corrected chi connectivity index (χ4v) is 4.53. The van der Waals surface area contributed by atoms with Gasteiger partial charge in [-0.1, -0.05) is 72.4 Å². The van der Waals surface area contributed by atoms with Crippen LogP contribution in [0.2, 0.25) is 0 Å². The molecule has 1 amide bonds. The van der Waals surface area contributed by atoms with Crippen LogP contribution in [0.1, 0.15) is 0 Å². The summed E-state index contributed by atoms with van der Waals surface area (Å²) in [5.74, 6) is -0.826. The molecule has 33 heavy (non-hydrogen) atoms. The summed E-state index contributed by atoms with van der Waals surface area (Å²) in [5.41, 5.74) is 1.01. The highest BCUT2D eigenvalue weighted by molar-refractivity contribution is 7.99. The number of rotatable bonds is 5. The number of thioether (sulfide) groups is 1. The van der Waals surface area contributed by atoms with E-state index in [2.05, 4.69) is 10.3 Å². The van der Waals surface area contributed by atoms with E-state index in [1.807, 2.05) is 48.5 Å². The number of halogens is 1. The van der Waals surface area contributed by atoms with E-state index in [0.717, 1.165) is 22.5 Å². The molecule has 5 nitrogen and oxygen atoms in total. The van der Waals surface area contributed by atoms with Crippen molar-refractivity contribution in [3.8, 4) is 5.69 Å². The third-order valence-electron chi connectivity index (χ3n) is 5.23. The van der Waals surface area contributed by atoms with Gasteiger partial charge in [0, 0.05) is 11.1 Å². The summed E-state index contributed by atoms with van der Waals surface area (Å²) in [6.07, 6.45) is 0. The second-order valence-electron chi connectivity index (χ2n) is 7.37. The Hall–Kier alpha value is -3.97. The van der Waals surface area contributed by atoms with Crippen LogP contribution in [0, 0.1) is 5.82 Å². The van der Waals surface area contributed by atoms with Crippen LogP contribution in [0.5, 0.6) is 0 Å². The molecule has 1 N–H and O–H groups in total. The number of hydrogen-bond acceptors (Lipinski definition) is 4. The van der Waals surface area contributed by atoms with E-state index < -0.39 is 11.4 Å². The van der Waals surface area contributed by atoms with Crippen molar-refractivity contribution in [1.82, 2.24) is 9.55 Å². The van der Waals surface area contributed by atoms with Gasteiger partial charge in [-0.25, -0.2) is 9.37 Å². The Bertz CT molecular complexity index is 1550. The molecule has 7 heteroatoms. The average Bonchev–Trinajstić information content (AvgIpc) is 2.83. The zero-order chi connectivity index (χ0) is 22.8. The molecule has 0 saturated heterocycles. The van der Waals surface area contributed by atoms with Crippen LogP contribution in [-0.2, 0) is 4.79 Å². The molecule has 5 rings (SSSR count). The minimum Gasteiger partial charge on any atom is -0.325 e. The minimum atomic E-state index is -0.625. The normalized spacial score (nSPS) is 11.1. The number of para-hydroxylation sites is 1. The topological polar surface area (TPSA) is 64.0 Å². The SMILES string of the molecule is O=C(CSc1nc2cccc(F)c2c(=O)n1-c1ccccc1)Nc1cccc2ccccc12. The lowest BCUT2D eigenvalue weighted by molar-refractivity contribution is -0.113. The monoisotopic (exact) mass is 455 g/mol. The van der Waals surface area contributed by atoms with Crippen molar-refractivity contribution in [3.63, 3.8) is 0 Å². The van der Waals surface area contributed by atoms with E-state index in [1.165, 1.54) is 16.7 Å². The second-order valence-corrected chi connectivity index (χ2v) is 8.31. The number of carbonyl (C=O) groups excluding carboxylic acids is 1. The third-order valence-corrected chi connectivity index (χ3v) is 6.17. The van der Waals surface area contributed by atoms with Crippen molar-refractivity contribution in [2.24, 2.45) is 0 Å². The van der Waals surface area contributed by atoms with E-state index in [0.29, 0.717) is 16.5 Å². The van der Waals surface area contributed by atoms with Crippen molar-refractivity contribution < 1.29 is 9.18 Å². The van der Waals surface area contributed by atoms with Crippen LogP contribution >= 0.6 is 11.8 Å². The van der Waals surface area contributed by atoms with Gasteiger partial charge in [-0.15, -0.1) is 0 Å². The number of anilines is 1. The summed E-state index contributed by atoms with van der Waals surface area (Å²) in [4.78, 5) is 30.5. The standard InChI is InChI=1S/C26H18FN3O2S/c27-20-13-7-15-22-24(20)25(32)30(18-10-2-1-3-11-18)26(29-22)33-16-23(31)28-21-14-6-9-17-8-4-5-12-19(17)21/h1-15H,16H2,(H,28,31). The quantitative estimate of drug-likeness (QED) is 0.284. The Balaban J connectivity index is 1.48. The lowest BCUT2D eigenvalue weighted by Crippen LogP contribution is -2.23. The van der Waals surface area contributed by atoms with Gasteiger partial charge in [0.25, 0.3) is 5.56 Å². The predicted octanol–water partition coefficient (Wildman–Crippen LogP) is 5.41. The first-order valence-electron chi connectivity index (χ1n) is 10.3. The lowest BCUT2D eigenvalue weighted by Gasteiger charge is -2.14. The molecule has 1 heterocycles. The van der Waals surface area contributed by atoms with Crippen molar-refractivity contribution in [2.45, 2.75) is 5.16 Å². The Morgan fingerprint density at radius 2 is 1.64 bits per heavy atom. The maximum Gasteiger partial charge on any atom is 0.269 e. The molecule has 0 fully saturated rings. The van der Waals surface area contributed by atoms with Gasteiger partial charge in [-0.05, 0) is 35.7 Å². The largest absolute Gasteiger partial charge is 0.325 e. The van der Waals surface area contributed by atoms with E-state index in [9.17, 15) is 14.0 Å². The van der Waals surface area contributed by atoms with Gasteiger partial charge in [-0.2, -0.15) is 0 Å². The maximum absolute atomic E-state index is 14.4. The highest BCUT2D eigenvalue weighted by atomic mass is 32.2. The number of benzene rings is 4. The maximum atomic E-state index is 14.4. The Kier molecular flexibility index (Phi) is 5.62. The smallest absolute Gasteiger partial charge is 0.269 e. The fourth-order valence-electron chi connectivity index (χ4n) is 3.72. The number of aromatic nitrogens is 2. The number of hydrogen-bond donors (Lipinski definition) is 1. The first kappa shape index (κ1) is 20.9. The molecular formula is C26H18FN3O2S. The van der Waals surface area contributed by atoms with Gasteiger partial charge >= 0.3 is 0 Å². The van der Waals surface area contributed by atoms with Crippen LogP contribution in [0.15, 0.2) is 101 Å². The van der Waals surface area contributed by atoms with E-state index in [-0.39, 0.29) is 22.6 Å². The first-order valence-corrected chi connectivity index (χ1v) is 11.3. The molecule has 0 aliphatic carbocycles. The van der Waals surface area contributed by atoms with Gasteiger partial charge < -0.3 is 5.32 Å². The molecule has 5 aromatic rings. The van der Waals surface area contributed by atoms with E-state index in [1.54, 1.807) is 30.3 Å². The number of carbonyl (C=O) groups is 1.